The molecule has 9 nitrogen and oxygen atoms in total. The Hall–Kier alpha value is -3.27. The number of nitrogens with one attached hydrogen (secondary N) is 3. The topological polar surface area (TPSA) is 129 Å². The molecule has 0 aliphatic carbocycles. The van der Waals surface area contributed by atoms with Crippen molar-refractivity contribution >= 4 is 17.6 Å². The van der Waals surface area contributed by atoms with Gasteiger partial charge in [-0.05, 0) is 49.6 Å². The van der Waals surface area contributed by atoms with Gasteiger partial charge in [0, 0.05) is 6.42 Å². The SMILES string of the molecule is COc1ccc(C[C@H](NC(=O)[C@H]2NCC[C@H]2O)C(=O)N[C@@H](Cc2ccccc2)C(=O)[C@@]2(C)CO2)cc1. The minimum Gasteiger partial charge on any atom is -0.497 e. The fourth-order valence-electron chi connectivity index (χ4n) is 4.38. The van der Waals surface area contributed by atoms with Gasteiger partial charge >= 0.3 is 0 Å². The molecule has 2 fully saturated rings. The van der Waals surface area contributed by atoms with Gasteiger partial charge in [0.15, 0.2) is 5.78 Å². The van der Waals surface area contributed by atoms with Crippen LogP contribution >= 0.6 is 0 Å². The molecule has 0 unspecified atom stereocenters. The summed E-state index contributed by atoms with van der Waals surface area (Å²) in [5.74, 6) is -0.474. The van der Waals surface area contributed by atoms with E-state index in [2.05, 4.69) is 16.0 Å². The molecular weight excluding hydrogens is 462 g/mol. The van der Waals surface area contributed by atoms with Crippen LogP contribution in [0.2, 0.25) is 0 Å². The zero-order chi connectivity index (χ0) is 25.7. The standard InChI is InChI=1S/C27H33N3O6/c1-27(16-36-27)24(32)20(14-17-6-4-3-5-7-17)29-25(33)21(15-18-8-10-19(35-2)11-9-18)30-26(34)23-22(31)12-13-28-23/h3-11,20-23,28,31H,12-16H2,1-2H3,(H,29,33)(H,30,34)/t20-,21-,22+,23-,27+/m0/s1. The van der Waals surface area contributed by atoms with Crippen LogP contribution in [-0.4, -0.2) is 72.8 Å². The normalized spacial score (nSPS) is 24.4. The van der Waals surface area contributed by atoms with E-state index in [1.54, 1.807) is 26.2 Å². The van der Waals surface area contributed by atoms with Crippen LogP contribution < -0.4 is 20.7 Å². The van der Waals surface area contributed by atoms with E-state index in [1.807, 2.05) is 42.5 Å². The van der Waals surface area contributed by atoms with E-state index in [4.69, 9.17) is 9.47 Å². The summed E-state index contributed by atoms with van der Waals surface area (Å²) >= 11 is 0. The monoisotopic (exact) mass is 495 g/mol. The van der Waals surface area contributed by atoms with Crippen LogP contribution in [0.15, 0.2) is 54.6 Å². The summed E-state index contributed by atoms with van der Waals surface area (Å²) in [5.41, 5.74) is 0.785. The third-order valence-corrected chi connectivity index (χ3v) is 6.72. The summed E-state index contributed by atoms with van der Waals surface area (Å²) in [6, 6.07) is 14.0. The van der Waals surface area contributed by atoms with Crippen molar-refractivity contribution in [1.29, 1.82) is 0 Å². The van der Waals surface area contributed by atoms with Crippen LogP contribution in [0.25, 0.3) is 0 Å². The van der Waals surface area contributed by atoms with Gasteiger partial charge in [-0.3, -0.25) is 14.4 Å². The van der Waals surface area contributed by atoms with Gasteiger partial charge in [-0.1, -0.05) is 42.5 Å². The fraction of sp³-hybridized carbons (Fsp3) is 0.444. The van der Waals surface area contributed by atoms with Crippen LogP contribution in [0.4, 0.5) is 0 Å². The minimum absolute atomic E-state index is 0.199. The number of carbonyl (C=O) groups excluding carboxylic acids is 3. The zero-order valence-corrected chi connectivity index (χ0v) is 20.5. The van der Waals surface area contributed by atoms with Crippen molar-refractivity contribution in [2.24, 2.45) is 0 Å². The van der Waals surface area contributed by atoms with Crippen molar-refractivity contribution in [1.82, 2.24) is 16.0 Å². The van der Waals surface area contributed by atoms with Crippen LogP contribution in [0.5, 0.6) is 5.75 Å². The third kappa shape index (κ3) is 6.29. The second-order valence-electron chi connectivity index (χ2n) is 9.54. The van der Waals surface area contributed by atoms with E-state index >= 15 is 0 Å². The van der Waals surface area contributed by atoms with E-state index < -0.39 is 41.6 Å². The summed E-state index contributed by atoms with van der Waals surface area (Å²) in [5, 5.41) is 18.8. The number of carbonyl (C=O) groups is 3. The second kappa shape index (κ2) is 11.2. The predicted molar refractivity (Wildman–Crippen MR) is 132 cm³/mol. The lowest BCUT2D eigenvalue weighted by Gasteiger charge is -2.25. The quantitative estimate of drug-likeness (QED) is 0.335. The highest BCUT2D eigenvalue weighted by molar-refractivity contribution is 5.98. The van der Waals surface area contributed by atoms with E-state index in [0.29, 0.717) is 31.7 Å². The van der Waals surface area contributed by atoms with Crippen molar-refractivity contribution in [3.8, 4) is 5.75 Å². The van der Waals surface area contributed by atoms with E-state index in [1.165, 1.54) is 0 Å². The fourth-order valence-corrected chi connectivity index (χ4v) is 4.38. The number of hydrogen-bond donors (Lipinski definition) is 4. The summed E-state index contributed by atoms with van der Waals surface area (Å²) in [6.45, 7) is 2.54. The van der Waals surface area contributed by atoms with Gasteiger partial charge in [-0.15, -0.1) is 0 Å². The van der Waals surface area contributed by atoms with Gasteiger partial charge in [0.2, 0.25) is 11.8 Å². The second-order valence-corrected chi connectivity index (χ2v) is 9.54. The molecule has 2 aliphatic rings. The van der Waals surface area contributed by atoms with Crippen LogP contribution in [0, 0.1) is 0 Å². The van der Waals surface area contributed by atoms with Gasteiger partial charge in [-0.25, -0.2) is 0 Å². The molecule has 4 N–H and O–H groups in total. The minimum atomic E-state index is -0.959. The lowest BCUT2D eigenvalue weighted by molar-refractivity contribution is -0.133. The molecule has 2 aromatic carbocycles. The van der Waals surface area contributed by atoms with Gasteiger partial charge in [0.1, 0.15) is 23.4 Å². The number of epoxide rings is 1. The molecule has 9 heteroatoms. The Labute approximate surface area is 210 Å². The summed E-state index contributed by atoms with van der Waals surface area (Å²) < 4.78 is 10.6. The first-order valence-corrected chi connectivity index (χ1v) is 12.2. The summed E-state index contributed by atoms with van der Waals surface area (Å²) in [4.78, 5) is 39.7. The molecule has 4 rings (SSSR count). The lowest BCUT2D eigenvalue weighted by atomic mass is 9.94. The number of amides is 2. The van der Waals surface area contributed by atoms with E-state index in [-0.39, 0.29) is 12.2 Å². The molecule has 2 saturated heterocycles. The lowest BCUT2D eigenvalue weighted by Crippen LogP contribution is -2.57. The molecule has 2 heterocycles. The number of hydrogen-bond acceptors (Lipinski definition) is 7. The maximum Gasteiger partial charge on any atom is 0.243 e. The van der Waals surface area contributed by atoms with Crippen molar-refractivity contribution in [3.05, 3.63) is 65.7 Å². The molecule has 2 amide bonds. The number of methoxy groups -OCH3 is 1. The predicted octanol–water partition coefficient (Wildman–Crippen LogP) is 0.531. The first kappa shape index (κ1) is 25.8. The number of Topliss-reactive ketones (excluding diaryl/α,β-unsaturated/α-hetero) is 1. The maximum atomic E-state index is 13.5. The molecule has 192 valence electrons. The van der Waals surface area contributed by atoms with Crippen molar-refractivity contribution in [3.63, 3.8) is 0 Å². The Morgan fingerprint density at radius 2 is 1.69 bits per heavy atom. The van der Waals surface area contributed by atoms with Crippen LogP contribution in [-0.2, 0) is 32.0 Å². The number of rotatable bonds is 11. The smallest absolute Gasteiger partial charge is 0.243 e. The molecule has 0 bridgehead atoms. The van der Waals surface area contributed by atoms with Gasteiger partial charge in [0.05, 0.1) is 25.9 Å². The first-order valence-electron chi connectivity index (χ1n) is 12.2. The Kier molecular flexibility index (Phi) is 8.03. The van der Waals surface area contributed by atoms with Crippen molar-refractivity contribution in [2.45, 2.75) is 56.0 Å². The maximum absolute atomic E-state index is 13.5. The van der Waals surface area contributed by atoms with Crippen molar-refractivity contribution < 1.29 is 29.0 Å². The van der Waals surface area contributed by atoms with E-state index in [0.717, 1.165) is 11.1 Å². The Bertz CT molecular complexity index is 1070. The largest absolute Gasteiger partial charge is 0.497 e. The molecule has 0 saturated carbocycles. The molecule has 2 aliphatic heterocycles. The summed E-state index contributed by atoms with van der Waals surface area (Å²) in [7, 11) is 1.57. The van der Waals surface area contributed by atoms with Crippen molar-refractivity contribution in [2.75, 3.05) is 20.3 Å². The highest BCUT2D eigenvalue weighted by Gasteiger charge is 2.50. The molecule has 0 spiro atoms. The number of aliphatic hydroxyl groups excluding tert-OH is 1. The van der Waals surface area contributed by atoms with Crippen LogP contribution in [0.1, 0.15) is 24.5 Å². The van der Waals surface area contributed by atoms with E-state index in [9.17, 15) is 19.5 Å². The van der Waals surface area contributed by atoms with Gasteiger partial charge < -0.3 is 30.5 Å². The third-order valence-electron chi connectivity index (χ3n) is 6.72. The average Bonchev–Trinajstić information content (AvgIpc) is 3.49. The Morgan fingerprint density at radius 3 is 2.28 bits per heavy atom. The number of aliphatic hydroxyl groups is 1. The highest BCUT2D eigenvalue weighted by atomic mass is 16.6. The molecule has 5 atom stereocenters. The Balaban J connectivity index is 1.53. The molecule has 0 radical (unpaired) electrons. The van der Waals surface area contributed by atoms with Gasteiger partial charge in [0.25, 0.3) is 0 Å². The first-order chi connectivity index (χ1) is 17.3. The molecule has 36 heavy (non-hydrogen) atoms. The number of ether oxygens (including phenoxy) is 2. The summed E-state index contributed by atoms with van der Waals surface area (Å²) in [6.07, 6.45) is 0.134. The Morgan fingerprint density at radius 1 is 1.06 bits per heavy atom. The number of ketones is 1. The van der Waals surface area contributed by atoms with Gasteiger partial charge in [-0.2, -0.15) is 0 Å². The highest BCUT2D eigenvalue weighted by Crippen LogP contribution is 2.29. The molecule has 0 aromatic heterocycles. The average molecular weight is 496 g/mol. The molecule has 2 aromatic rings. The zero-order valence-electron chi connectivity index (χ0n) is 20.5. The molecular formula is C27H33N3O6. The number of benzene rings is 2. The van der Waals surface area contributed by atoms with Crippen LogP contribution in [0.3, 0.4) is 0 Å².